The number of aliphatic hydroxyl groups is 6. The second kappa shape index (κ2) is 29.1. The lowest BCUT2D eigenvalue weighted by Gasteiger charge is -2.40. The molecule has 9 nitrogen and oxygen atoms in total. The first-order valence-electron chi connectivity index (χ1n) is 20.5. The van der Waals surface area contributed by atoms with Crippen molar-refractivity contribution in [2.45, 2.75) is 204 Å². The topological polar surface area (TPSA) is 152 Å². The zero-order chi connectivity index (χ0) is 38.0. The third-order valence-electron chi connectivity index (χ3n) is 10.3. The fraction of sp³-hybridized carbons (Fsp3) is 0.829. The molecule has 1 aromatic rings. The summed E-state index contributed by atoms with van der Waals surface area (Å²) in [7, 11) is 0. The molecule has 0 aromatic heterocycles. The zero-order valence-electron chi connectivity index (χ0n) is 31.9. The van der Waals surface area contributed by atoms with E-state index >= 15 is 0 Å². The van der Waals surface area contributed by atoms with Gasteiger partial charge in [-0.25, -0.2) is 4.39 Å². The summed E-state index contributed by atoms with van der Waals surface area (Å²) in [5, 5.41) is 65.6. The van der Waals surface area contributed by atoms with Crippen LogP contribution in [0.25, 0.3) is 0 Å². The van der Waals surface area contributed by atoms with Gasteiger partial charge in [-0.15, -0.1) is 0 Å². The van der Waals surface area contributed by atoms with Crippen molar-refractivity contribution in [2.24, 2.45) is 0 Å². The van der Waals surface area contributed by atoms with E-state index in [1.165, 1.54) is 88.3 Å². The van der Waals surface area contributed by atoms with Gasteiger partial charge in [-0.3, -0.25) is 0 Å². The number of halogens is 1. The number of thiocarbonyl (C=S) groups is 1. The molecule has 1 aromatic carbocycles. The number of unbranched alkanes of at least 4 members (excludes halogenated alkanes) is 18. The third kappa shape index (κ3) is 19.9. The highest BCUT2D eigenvalue weighted by Crippen LogP contribution is 2.23. The standard InChI is InChI=1S/C41H72FNO8S/c1-2-3-4-5-6-7-8-9-10-14-17-20-23-34(45)37(46)33(30-50-41-40(49)39(48)38(47)35(29-44)51-41)43-36(52)24-21-18-15-12-11-13-16-19-22-31-25-27-32(42)28-26-31/h25-28,33-35,37-41,44-49H,2-24,29-30H2,1H3,(H,43,52)/t33-,34+,35+,37-,38-,39-,40+,41-/m0/s1. The van der Waals surface area contributed by atoms with Crippen LogP contribution >= 0.6 is 12.2 Å². The molecule has 1 fully saturated rings. The summed E-state index contributed by atoms with van der Waals surface area (Å²) in [6.07, 6.45) is 15.9. The van der Waals surface area contributed by atoms with Crippen molar-refractivity contribution in [2.75, 3.05) is 13.2 Å². The minimum atomic E-state index is -1.58. The molecular formula is C41H72FNO8S. The van der Waals surface area contributed by atoms with Gasteiger partial charge in [-0.2, -0.15) is 0 Å². The molecular weight excluding hydrogens is 686 g/mol. The van der Waals surface area contributed by atoms with E-state index in [0.717, 1.165) is 64.2 Å². The predicted molar refractivity (Wildman–Crippen MR) is 209 cm³/mol. The molecule has 1 aliphatic rings. The quantitative estimate of drug-likeness (QED) is 0.0319. The number of benzene rings is 1. The summed E-state index contributed by atoms with van der Waals surface area (Å²) < 4.78 is 24.3. The molecule has 0 amide bonds. The molecule has 0 radical (unpaired) electrons. The smallest absolute Gasteiger partial charge is 0.186 e. The number of rotatable bonds is 31. The fourth-order valence-electron chi connectivity index (χ4n) is 6.87. The van der Waals surface area contributed by atoms with E-state index < -0.39 is 55.6 Å². The molecule has 0 spiro atoms. The van der Waals surface area contributed by atoms with Crippen LogP contribution in [-0.4, -0.2) is 97.8 Å². The summed E-state index contributed by atoms with van der Waals surface area (Å²) >= 11 is 5.62. The van der Waals surface area contributed by atoms with Gasteiger partial charge in [0.15, 0.2) is 6.29 Å². The van der Waals surface area contributed by atoms with E-state index in [2.05, 4.69) is 12.2 Å². The Labute approximate surface area is 318 Å². The minimum Gasteiger partial charge on any atom is -0.394 e. The van der Waals surface area contributed by atoms with Gasteiger partial charge in [-0.1, -0.05) is 147 Å². The number of ether oxygens (including phenoxy) is 2. The largest absolute Gasteiger partial charge is 0.394 e. The molecule has 0 aliphatic carbocycles. The normalized spacial score (nSPS) is 22.3. The van der Waals surface area contributed by atoms with Crippen LogP contribution in [0.3, 0.4) is 0 Å². The van der Waals surface area contributed by atoms with Gasteiger partial charge in [-0.05, 0) is 49.8 Å². The Balaban J connectivity index is 1.72. The van der Waals surface area contributed by atoms with Gasteiger partial charge in [0.2, 0.25) is 0 Å². The average Bonchev–Trinajstić information content (AvgIpc) is 3.14. The first-order chi connectivity index (χ1) is 25.2. The highest BCUT2D eigenvalue weighted by molar-refractivity contribution is 7.80. The molecule has 52 heavy (non-hydrogen) atoms. The van der Waals surface area contributed by atoms with Crippen LogP contribution < -0.4 is 5.32 Å². The van der Waals surface area contributed by atoms with E-state index in [4.69, 9.17) is 21.7 Å². The van der Waals surface area contributed by atoms with Gasteiger partial charge in [0.05, 0.1) is 30.3 Å². The number of nitrogens with one attached hydrogen (secondary N) is 1. The highest BCUT2D eigenvalue weighted by Gasteiger charge is 2.44. The van der Waals surface area contributed by atoms with Crippen molar-refractivity contribution in [3.8, 4) is 0 Å². The van der Waals surface area contributed by atoms with Crippen molar-refractivity contribution in [1.29, 1.82) is 0 Å². The molecule has 2 rings (SSSR count). The van der Waals surface area contributed by atoms with E-state index in [9.17, 15) is 35.0 Å². The summed E-state index contributed by atoms with van der Waals surface area (Å²) in [4.78, 5) is 0.541. The van der Waals surface area contributed by atoms with Crippen LogP contribution in [0.2, 0.25) is 0 Å². The fourth-order valence-corrected chi connectivity index (χ4v) is 7.16. The van der Waals surface area contributed by atoms with Crippen molar-refractivity contribution >= 4 is 17.2 Å². The van der Waals surface area contributed by atoms with Crippen LogP contribution in [0, 0.1) is 5.82 Å². The van der Waals surface area contributed by atoms with Crippen molar-refractivity contribution in [3.05, 3.63) is 35.6 Å². The third-order valence-corrected chi connectivity index (χ3v) is 10.6. The molecule has 1 heterocycles. The maximum Gasteiger partial charge on any atom is 0.186 e. The molecule has 0 unspecified atom stereocenters. The molecule has 302 valence electrons. The molecule has 7 N–H and O–H groups in total. The van der Waals surface area contributed by atoms with E-state index in [0.29, 0.717) is 17.8 Å². The van der Waals surface area contributed by atoms with Gasteiger partial charge in [0, 0.05) is 0 Å². The average molecular weight is 758 g/mol. The Kier molecular flexibility index (Phi) is 26.2. The van der Waals surface area contributed by atoms with Gasteiger partial charge < -0.3 is 45.4 Å². The lowest BCUT2D eigenvalue weighted by atomic mass is 9.98. The highest BCUT2D eigenvalue weighted by atomic mass is 32.1. The first kappa shape index (κ1) is 46.9. The molecule has 8 atom stereocenters. The maximum absolute atomic E-state index is 13.1. The summed E-state index contributed by atoms with van der Waals surface area (Å²) in [6, 6.07) is 5.94. The number of hydrogen-bond acceptors (Lipinski definition) is 9. The number of aliphatic hydroxyl groups excluding tert-OH is 6. The Morgan fingerprint density at radius 1 is 0.750 bits per heavy atom. The van der Waals surface area contributed by atoms with Crippen LogP contribution in [0.1, 0.15) is 154 Å². The Bertz CT molecular complexity index is 1020. The number of hydrogen-bond donors (Lipinski definition) is 7. The number of aryl methyl sites for hydroxylation is 1. The Hall–Kier alpha value is -1.28. The second-order valence-corrected chi connectivity index (χ2v) is 15.4. The predicted octanol–water partition coefficient (Wildman–Crippen LogP) is 6.79. The Morgan fingerprint density at radius 3 is 1.83 bits per heavy atom. The van der Waals surface area contributed by atoms with Crippen LogP contribution in [0.5, 0.6) is 0 Å². The van der Waals surface area contributed by atoms with E-state index in [1.54, 1.807) is 0 Å². The van der Waals surface area contributed by atoms with Crippen LogP contribution in [-0.2, 0) is 15.9 Å². The van der Waals surface area contributed by atoms with Gasteiger partial charge in [0.1, 0.15) is 36.3 Å². The van der Waals surface area contributed by atoms with Crippen LogP contribution in [0.15, 0.2) is 24.3 Å². The lowest BCUT2D eigenvalue weighted by Crippen LogP contribution is -2.60. The van der Waals surface area contributed by atoms with Crippen molar-refractivity contribution in [1.82, 2.24) is 5.32 Å². The lowest BCUT2D eigenvalue weighted by molar-refractivity contribution is -0.303. The molecule has 0 saturated carbocycles. The van der Waals surface area contributed by atoms with Crippen molar-refractivity contribution < 1.29 is 44.5 Å². The molecule has 11 heteroatoms. The van der Waals surface area contributed by atoms with Gasteiger partial charge >= 0.3 is 0 Å². The van der Waals surface area contributed by atoms with Crippen LogP contribution in [0.4, 0.5) is 4.39 Å². The second-order valence-electron chi connectivity index (χ2n) is 14.9. The van der Waals surface area contributed by atoms with E-state index in [1.807, 2.05) is 12.1 Å². The van der Waals surface area contributed by atoms with Crippen molar-refractivity contribution in [3.63, 3.8) is 0 Å². The minimum absolute atomic E-state index is 0.194. The summed E-state index contributed by atoms with van der Waals surface area (Å²) in [5.74, 6) is -0.197. The molecule has 1 saturated heterocycles. The molecule has 0 bridgehead atoms. The SMILES string of the molecule is CCCCCCCCCCCCCC[C@@H](O)[C@@H](O)[C@H](CO[C@H]1O[C@H](CO)[C@H](O)[C@H](O)[C@H]1O)NC(=S)CCCCCCCCCCc1ccc(F)cc1. The Morgan fingerprint density at radius 2 is 1.27 bits per heavy atom. The zero-order valence-corrected chi connectivity index (χ0v) is 32.7. The monoisotopic (exact) mass is 757 g/mol. The molecule has 1 aliphatic heterocycles. The summed E-state index contributed by atoms with van der Waals surface area (Å²) in [6.45, 7) is 1.47. The first-order valence-corrected chi connectivity index (χ1v) is 20.9. The van der Waals surface area contributed by atoms with E-state index in [-0.39, 0.29) is 12.4 Å². The maximum atomic E-state index is 13.1. The van der Waals surface area contributed by atoms with Gasteiger partial charge in [0.25, 0.3) is 0 Å². The summed E-state index contributed by atoms with van der Waals surface area (Å²) in [5.41, 5.74) is 1.18.